The maximum absolute atomic E-state index is 10.4. The summed E-state index contributed by atoms with van der Waals surface area (Å²) in [5.74, 6) is 0. The summed E-state index contributed by atoms with van der Waals surface area (Å²) in [7, 11) is 0. The van der Waals surface area contributed by atoms with E-state index < -0.39 is 6.16 Å². The quantitative estimate of drug-likeness (QED) is 0.458. The van der Waals surface area contributed by atoms with Crippen LogP contribution < -0.4 is 0 Å². The summed E-state index contributed by atoms with van der Waals surface area (Å²) < 4.78 is 9.73. The van der Waals surface area contributed by atoms with Gasteiger partial charge in [0.2, 0.25) is 0 Å². The lowest BCUT2D eigenvalue weighted by Crippen LogP contribution is -2.13. The van der Waals surface area contributed by atoms with E-state index in [1.165, 1.54) is 0 Å². The van der Waals surface area contributed by atoms with Crippen molar-refractivity contribution in [3.63, 3.8) is 0 Å². The molecule has 0 amide bonds. The number of hydrogen-bond donors (Lipinski definition) is 0. The van der Waals surface area contributed by atoms with Crippen LogP contribution in [0.2, 0.25) is 0 Å². The summed E-state index contributed by atoms with van der Waals surface area (Å²) in [6, 6.07) is 0. The fraction of sp³-hybridized carbons (Fsp3) is 0.833. The maximum Gasteiger partial charge on any atom is 0.509 e. The largest absolute Gasteiger partial charge is 0.509 e. The van der Waals surface area contributed by atoms with Gasteiger partial charge in [0.15, 0.2) is 11.2 Å². The molecular weight excluding hydrogens is 120 g/mol. The lowest BCUT2D eigenvalue weighted by atomic mass is 10.3. The van der Waals surface area contributed by atoms with E-state index in [2.05, 4.69) is 0 Å². The number of carbonyl (C=O) groups is 1. The summed E-state index contributed by atoms with van der Waals surface area (Å²) in [6.07, 6.45) is 0.317. The molecule has 0 radical (unpaired) electrons. The van der Waals surface area contributed by atoms with Gasteiger partial charge in [-0.05, 0) is 13.8 Å². The number of fused-ring (bicyclic) bond motifs is 1. The molecule has 1 aliphatic heterocycles. The third-order valence-corrected chi connectivity index (χ3v) is 2.29. The highest BCUT2D eigenvalue weighted by molar-refractivity contribution is 5.67. The van der Waals surface area contributed by atoms with Gasteiger partial charge in [-0.3, -0.25) is 0 Å². The molecule has 2 aliphatic rings. The second-order valence-corrected chi connectivity index (χ2v) is 3.09. The van der Waals surface area contributed by atoms with E-state index in [1.54, 1.807) is 0 Å². The summed E-state index contributed by atoms with van der Waals surface area (Å²) in [5.41, 5.74) is -0.603. The van der Waals surface area contributed by atoms with Gasteiger partial charge in [0.1, 0.15) is 0 Å². The van der Waals surface area contributed by atoms with Gasteiger partial charge < -0.3 is 9.47 Å². The molecule has 0 aromatic carbocycles. The maximum atomic E-state index is 10.4. The van der Waals surface area contributed by atoms with Crippen molar-refractivity contribution < 1.29 is 14.3 Å². The molecule has 1 saturated carbocycles. The van der Waals surface area contributed by atoms with Gasteiger partial charge in [-0.25, -0.2) is 4.79 Å². The van der Waals surface area contributed by atoms with Crippen molar-refractivity contribution in [2.45, 2.75) is 31.5 Å². The second kappa shape index (κ2) is 0.958. The molecule has 2 unspecified atom stereocenters. The van der Waals surface area contributed by atoms with E-state index in [4.69, 9.17) is 9.47 Å². The zero-order valence-electron chi connectivity index (χ0n) is 5.43. The smallest absolute Gasteiger partial charge is 0.424 e. The first-order valence-electron chi connectivity index (χ1n) is 2.98. The van der Waals surface area contributed by atoms with Crippen molar-refractivity contribution in [2.75, 3.05) is 0 Å². The molecule has 0 aromatic rings. The van der Waals surface area contributed by atoms with Gasteiger partial charge in [-0.15, -0.1) is 0 Å². The predicted octanol–water partition coefficient (Wildman–Crippen LogP) is 1.07. The minimum absolute atomic E-state index is 0.302. The zero-order chi connectivity index (χ0) is 6.70. The fourth-order valence-corrected chi connectivity index (χ4v) is 1.28. The molecule has 1 saturated heterocycles. The minimum atomic E-state index is -0.522. The fourth-order valence-electron chi connectivity index (χ4n) is 1.28. The zero-order valence-corrected chi connectivity index (χ0v) is 5.43. The number of ether oxygens (including phenoxy) is 2. The van der Waals surface area contributed by atoms with Crippen LogP contribution in [0.4, 0.5) is 4.79 Å². The molecule has 2 fully saturated rings. The molecule has 1 aliphatic carbocycles. The Kier molecular flexibility index (Phi) is 0.542. The topological polar surface area (TPSA) is 35.5 Å². The molecule has 50 valence electrons. The van der Waals surface area contributed by atoms with Crippen LogP contribution in [0.25, 0.3) is 0 Å². The Morgan fingerprint density at radius 2 is 1.78 bits per heavy atom. The molecule has 0 spiro atoms. The van der Waals surface area contributed by atoms with Gasteiger partial charge >= 0.3 is 6.16 Å². The Bertz CT molecular complexity index is 171. The van der Waals surface area contributed by atoms with E-state index >= 15 is 0 Å². The lowest BCUT2D eigenvalue weighted by molar-refractivity contribution is 0.0759. The molecule has 2 rings (SSSR count). The SMILES string of the molecule is CC12CC1(C)OC(=O)O2. The van der Waals surface area contributed by atoms with Crippen LogP contribution in [0.15, 0.2) is 0 Å². The van der Waals surface area contributed by atoms with Gasteiger partial charge in [-0.1, -0.05) is 0 Å². The van der Waals surface area contributed by atoms with Crippen LogP contribution in [-0.2, 0) is 9.47 Å². The third kappa shape index (κ3) is 0.407. The van der Waals surface area contributed by atoms with Crippen LogP contribution >= 0.6 is 0 Å². The highest BCUT2D eigenvalue weighted by atomic mass is 16.8. The van der Waals surface area contributed by atoms with Crippen molar-refractivity contribution in [1.82, 2.24) is 0 Å². The van der Waals surface area contributed by atoms with Crippen molar-refractivity contribution in [3.8, 4) is 0 Å². The number of rotatable bonds is 0. The Morgan fingerprint density at radius 1 is 1.33 bits per heavy atom. The van der Waals surface area contributed by atoms with E-state index in [0.29, 0.717) is 0 Å². The molecule has 3 nitrogen and oxygen atoms in total. The molecule has 3 heteroatoms. The third-order valence-electron chi connectivity index (χ3n) is 2.29. The van der Waals surface area contributed by atoms with Crippen molar-refractivity contribution in [1.29, 1.82) is 0 Å². The standard InChI is InChI=1S/C6H8O3/c1-5-3-6(5,2)9-4(7)8-5/h3H2,1-2H3. The second-order valence-electron chi connectivity index (χ2n) is 3.09. The molecule has 2 atom stereocenters. The predicted molar refractivity (Wildman–Crippen MR) is 29.0 cm³/mol. The Hall–Kier alpha value is -0.730. The highest BCUT2D eigenvalue weighted by Gasteiger charge is 2.73. The summed E-state index contributed by atoms with van der Waals surface area (Å²) in [6.45, 7) is 3.77. The Labute approximate surface area is 52.9 Å². The first-order chi connectivity index (χ1) is 4.06. The molecule has 1 heterocycles. The average molecular weight is 128 g/mol. The van der Waals surface area contributed by atoms with Crippen molar-refractivity contribution in [2.24, 2.45) is 0 Å². The van der Waals surface area contributed by atoms with Gasteiger partial charge in [0.25, 0.3) is 0 Å². The normalized spacial score (nSPS) is 53.8. The molecule has 0 N–H and O–H groups in total. The molecule has 0 aromatic heterocycles. The van der Waals surface area contributed by atoms with Crippen molar-refractivity contribution >= 4 is 6.16 Å². The summed E-state index contributed by atoms with van der Waals surface area (Å²) in [5, 5.41) is 0. The van der Waals surface area contributed by atoms with Gasteiger partial charge in [0.05, 0.1) is 0 Å². The van der Waals surface area contributed by atoms with Crippen molar-refractivity contribution in [3.05, 3.63) is 0 Å². The van der Waals surface area contributed by atoms with Crippen LogP contribution in [0.5, 0.6) is 0 Å². The van der Waals surface area contributed by atoms with Gasteiger partial charge in [-0.2, -0.15) is 0 Å². The first kappa shape index (κ1) is 5.09. The lowest BCUT2D eigenvalue weighted by Gasteiger charge is -1.99. The summed E-state index contributed by atoms with van der Waals surface area (Å²) >= 11 is 0. The highest BCUT2D eigenvalue weighted by Crippen LogP contribution is 2.57. The first-order valence-corrected chi connectivity index (χ1v) is 2.98. The van der Waals surface area contributed by atoms with Crippen LogP contribution in [0, 0.1) is 0 Å². The summed E-state index contributed by atoms with van der Waals surface area (Å²) in [4.78, 5) is 10.4. The van der Waals surface area contributed by atoms with E-state index in [1.807, 2.05) is 13.8 Å². The number of carbonyl (C=O) groups excluding carboxylic acids is 1. The van der Waals surface area contributed by atoms with E-state index in [9.17, 15) is 4.79 Å². The monoisotopic (exact) mass is 128 g/mol. The Morgan fingerprint density at radius 3 is 2.00 bits per heavy atom. The number of hydrogen-bond acceptors (Lipinski definition) is 3. The Balaban J connectivity index is 2.29. The molecule has 0 bridgehead atoms. The van der Waals surface area contributed by atoms with Crippen LogP contribution in [0.1, 0.15) is 20.3 Å². The molecule has 9 heavy (non-hydrogen) atoms. The van der Waals surface area contributed by atoms with Crippen LogP contribution in [0.3, 0.4) is 0 Å². The van der Waals surface area contributed by atoms with Gasteiger partial charge in [0, 0.05) is 6.42 Å². The van der Waals surface area contributed by atoms with E-state index in [0.717, 1.165) is 6.42 Å². The average Bonchev–Trinajstić information content (AvgIpc) is 1.97. The minimum Gasteiger partial charge on any atom is -0.424 e. The van der Waals surface area contributed by atoms with Crippen LogP contribution in [-0.4, -0.2) is 17.4 Å². The molecular formula is C6H8O3. The van der Waals surface area contributed by atoms with E-state index in [-0.39, 0.29) is 11.2 Å².